The van der Waals surface area contributed by atoms with Gasteiger partial charge in [0.15, 0.2) is 5.82 Å². The number of imide groups is 1. The van der Waals surface area contributed by atoms with Crippen LogP contribution in [0.4, 0.5) is 10.1 Å². The minimum Gasteiger partial charge on any atom is -0.487 e. The molecule has 3 aliphatic heterocycles. The number of benzene rings is 4. The highest BCUT2D eigenvalue weighted by Gasteiger charge is 2.38. The number of aromatic nitrogens is 2. The van der Waals surface area contributed by atoms with Gasteiger partial charge in [-0.1, -0.05) is 42.5 Å². The third-order valence-corrected chi connectivity index (χ3v) is 12.4. The summed E-state index contributed by atoms with van der Waals surface area (Å²) in [4.78, 5) is 65.0. The Hall–Kier alpha value is -6.07. The zero-order valence-electron chi connectivity index (χ0n) is 31.0. The number of hydrogen-bond acceptors (Lipinski definition) is 9. The highest BCUT2D eigenvalue weighted by atomic mass is 32.2. The largest absolute Gasteiger partial charge is 0.487 e. The van der Waals surface area contributed by atoms with Crippen LogP contribution in [-0.2, 0) is 38.2 Å². The van der Waals surface area contributed by atoms with Crippen molar-refractivity contribution in [2.24, 2.45) is 7.05 Å². The van der Waals surface area contributed by atoms with E-state index in [1.165, 1.54) is 28.8 Å². The molecule has 1 atom stereocenters. The Labute approximate surface area is 326 Å². The van der Waals surface area contributed by atoms with Crippen molar-refractivity contribution in [3.63, 3.8) is 0 Å². The lowest BCUT2D eigenvalue weighted by atomic mass is 9.89. The monoisotopic (exact) mass is 797 g/mol. The van der Waals surface area contributed by atoms with Crippen molar-refractivity contribution in [2.45, 2.75) is 44.2 Å². The number of amides is 4. The Bertz CT molecular complexity index is 2620. The first-order valence-corrected chi connectivity index (χ1v) is 20.1. The maximum Gasteiger partial charge on any atom is 0.329 e. The van der Waals surface area contributed by atoms with Gasteiger partial charge in [0.1, 0.15) is 30.6 Å². The molecular weight excluding hydrogens is 758 g/mol. The summed E-state index contributed by atoms with van der Waals surface area (Å²) >= 11 is 0. The second-order valence-electron chi connectivity index (χ2n) is 14.6. The molecule has 4 amide bonds. The van der Waals surface area contributed by atoms with Crippen LogP contribution < -0.4 is 30.1 Å². The molecule has 3 aliphatic rings. The van der Waals surface area contributed by atoms with Crippen molar-refractivity contribution >= 4 is 61.3 Å². The molecule has 8 rings (SSSR count). The van der Waals surface area contributed by atoms with Gasteiger partial charge < -0.3 is 15.0 Å². The fourth-order valence-electron chi connectivity index (χ4n) is 7.98. The number of nitrogens with zero attached hydrogens (tertiary/aromatic N) is 4. The predicted molar refractivity (Wildman–Crippen MR) is 208 cm³/mol. The molecule has 0 aliphatic carbocycles. The Morgan fingerprint density at radius 3 is 2.42 bits per heavy atom. The molecule has 3 fully saturated rings. The SMILES string of the molecule is Cn1c(=O)n(C2CCC(=O)NC2=O)c2ccc(C3CCN(CCNC(=O)c4ccc5c(F)c(N6CC(=O)NS6(=O)=O)c(OCc6ccccc6)cc5c4)CC3)cc21. The lowest BCUT2D eigenvalue weighted by Gasteiger charge is -2.32. The van der Waals surface area contributed by atoms with Gasteiger partial charge >= 0.3 is 15.9 Å². The van der Waals surface area contributed by atoms with E-state index in [9.17, 15) is 32.4 Å². The van der Waals surface area contributed by atoms with E-state index in [-0.39, 0.29) is 59.6 Å². The molecule has 5 aromatic rings. The van der Waals surface area contributed by atoms with E-state index < -0.39 is 46.1 Å². The number of piperidine rings is 2. The number of ether oxygens (including phenoxy) is 1. The molecule has 296 valence electrons. The molecule has 17 heteroatoms. The average Bonchev–Trinajstić information content (AvgIpc) is 3.62. The number of imidazole rings is 1. The van der Waals surface area contributed by atoms with Crippen molar-refractivity contribution in [3.05, 3.63) is 106 Å². The van der Waals surface area contributed by atoms with Crippen LogP contribution in [0.15, 0.2) is 77.6 Å². The number of nitrogens with one attached hydrogen (secondary N) is 3. The average molecular weight is 798 g/mol. The Kier molecular flexibility index (Phi) is 10.0. The third-order valence-electron chi connectivity index (χ3n) is 11.0. The Balaban J connectivity index is 0.912. The number of halogens is 1. The number of carbonyl (C=O) groups excluding carboxylic acids is 4. The molecule has 15 nitrogen and oxygen atoms in total. The molecule has 0 spiro atoms. The standard InChI is InChI=1S/C40H40FN7O8S/c1-45-32-20-26(8-10-30(32)48(40(45)53)31-11-12-34(49)43-39(31)52)25-13-16-46(17-14-25)18-15-42-38(51)27-7-9-29-28(19-27)21-33(56-23-24-5-3-2-4-6-24)37(36(29)41)47-22-35(50)44-57(47,54)55/h2-10,19-21,25,31H,11-18,22-23H2,1H3,(H,42,51)(H,44,50)(H,43,49,52). The number of aryl methyl sites for hydroxylation is 1. The minimum absolute atomic E-state index is 0.00235. The normalized spacial score (nSPS) is 18.9. The quantitative estimate of drug-likeness (QED) is 0.179. The zero-order chi connectivity index (χ0) is 40.0. The van der Waals surface area contributed by atoms with Crippen molar-refractivity contribution in [2.75, 3.05) is 37.0 Å². The summed E-state index contributed by atoms with van der Waals surface area (Å²) in [6, 6.07) is 20.1. The zero-order valence-corrected chi connectivity index (χ0v) is 31.8. The van der Waals surface area contributed by atoms with Gasteiger partial charge in [-0.05, 0) is 85.1 Å². The summed E-state index contributed by atoms with van der Waals surface area (Å²) < 4.78 is 53.2. The summed E-state index contributed by atoms with van der Waals surface area (Å²) in [6.45, 7) is 1.97. The van der Waals surface area contributed by atoms with Gasteiger partial charge in [-0.2, -0.15) is 8.42 Å². The molecule has 3 saturated heterocycles. The van der Waals surface area contributed by atoms with E-state index in [4.69, 9.17) is 4.74 Å². The Morgan fingerprint density at radius 1 is 0.930 bits per heavy atom. The van der Waals surface area contributed by atoms with Crippen LogP contribution in [0.5, 0.6) is 5.75 Å². The van der Waals surface area contributed by atoms with Gasteiger partial charge in [0.25, 0.3) is 11.8 Å². The van der Waals surface area contributed by atoms with Crippen LogP contribution in [0.25, 0.3) is 21.8 Å². The molecule has 3 N–H and O–H groups in total. The van der Waals surface area contributed by atoms with Crippen LogP contribution in [0.1, 0.15) is 59.1 Å². The minimum atomic E-state index is -4.35. The molecule has 0 saturated carbocycles. The first kappa shape index (κ1) is 37.8. The highest BCUT2D eigenvalue weighted by molar-refractivity contribution is 7.92. The number of fused-ring (bicyclic) bond motifs is 2. The maximum absolute atomic E-state index is 16.2. The van der Waals surface area contributed by atoms with Crippen molar-refractivity contribution in [1.29, 1.82) is 0 Å². The van der Waals surface area contributed by atoms with Gasteiger partial charge in [0.05, 0.1) is 11.0 Å². The van der Waals surface area contributed by atoms with Crippen LogP contribution in [0.2, 0.25) is 0 Å². The highest BCUT2D eigenvalue weighted by Crippen LogP contribution is 2.40. The first-order valence-electron chi connectivity index (χ1n) is 18.7. The van der Waals surface area contributed by atoms with E-state index in [0.29, 0.717) is 28.3 Å². The van der Waals surface area contributed by atoms with Gasteiger partial charge in [0.2, 0.25) is 11.8 Å². The van der Waals surface area contributed by atoms with E-state index in [2.05, 4.69) is 15.5 Å². The summed E-state index contributed by atoms with van der Waals surface area (Å²) in [6.07, 6.45) is 2.20. The molecule has 4 heterocycles. The number of anilines is 1. The van der Waals surface area contributed by atoms with Gasteiger partial charge in [-0.3, -0.25) is 33.6 Å². The van der Waals surface area contributed by atoms with E-state index >= 15 is 4.39 Å². The number of rotatable bonds is 10. The second kappa shape index (κ2) is 15.1. The van der Waals surface area contributed by atoms with Gasteiger partial charge in [0, 0.05) is 37.5 Å². The van der Waals surface area contributed by atoms with Gasteiger partial charge in [-0.15, -0.1) is 0 Å². The van der Waals surface area contributed by atoms with Crippen LogP contribution >= 0.6 is 0 Å². The fourth-order valence-corrected chi connectivity index (χ4v) is 9.14. The second-order valence-corrected chi connectivity index (χ2v) is 16.2. The summed E-state index contributed by atoms with van der Waals surface area (Å²) in [5.74, 6) is -2.70. The van der Waals surface area contributed by atoms with Gasteiger partial charge in [-0.25, -0.2) is 18.2 Å². The third kappa shape index (κ3) is 7.35. The molecule has 1 aromatic heterocycles. The smallest absolute Gasteiger partial charge is 0.329 e. The van der Waals surface area contributed by atoms with Crippen molar-refractivity contribution < 1.29 is 36.7 Å². The molecular formula is C40H40FN7O8S. The summed E-state index contributed by atoms with van der Waals surface area (Å²) in [5.41, 5.74) is 2.83. The molecule has 0 radical (unpaired) electrons. The molecule has 57 heavy (non-hydrogen) atoms. The molecule has 4 aromatic carbocycles. The first-order chi connectivity index (χ1) is 27.4. The van der Waals surface area contributed by atoms with E-state index in [1.807, 2.05) is 41.1 Å². The molecule has 0 bridgehead atoms. The van der Waals surface area contributed by atoms with Crippen LogP contribution in [-0.4, -0.2) is 78.8 Å². The van der Waals surface area contributed by atoms with Crippen molar-refractivity contribution in [1.82, 2.24) is 29.4 Å². The molecule has 1 unspecified atom stereocenters. The van der Waals surface area contributed by atoms with Crippen LogP contribution in [0.3, 0.4) is 0 Å². The summed E-state index contributed by atoms with van der Waals surface area (Å²) in [5, 5.41) is 5.66. The number of hydrogen-bond donors (Lipinski definition) is 3. The van der Waals surface area contributed by atoms with E-state index in [1.54, 1.807) is 23.7 Å². The predicted octanol–water partition coefficient (Wildman–Crippen LogP) is 2.98. The number of likely N-dealkylation sites (tertiary alicyclic amines) is 1. The maximum atomic E-state index is 16.2. The van der Waals surface area contributed by atoms with Crippen molar-refractivity contribution in [3.8, 4) is 5.75 Å². The Morgan fingerprint density at radius 2 is 1.70 bits per heavy atom. The lowest BCUT2D eigenvalue weighted by molar-refractivity contribution is -0.135. The van der Waals surface area contributed by atoms with E-state index in [0.717, 1.165) is 42.6 Å². The lowest BCUT2D eigenvalue weighted by Crippen LogP contribution is -2.44. The van der Waals surface area contributed by atoms with Crippen LogP contribution in [0, 0.1) is 5.82 Å². The topological polar surface area (TPSA) is 181 Å². The fraction of sp³-hybridized carbons (Fsp3) is 0.325. The number of carbonyl (C=O) groups is 4. The summed E-state index contributed by atoms with van der Waals surface area (Å²) in [7, 11) is -2.66.